The Bertz CT molecular complexity index is 687. The lowest BCUT2D eigenvalue weighted by Gasteiger charge is -2.30. The molecule has 0 unspecified atom stereocenters. The van der Waals surface area contributed by atoms with Gasteiger partial charge in [-0.2, -0.15) is 0 Å². The highest BCUT2D eigenvalue weighted by Gasteiger charge is 2.29. The van der Waals surface area contributed by atoms with Crippen molar-refractivity contribution < 1.29 is 13.9 Å². The van der Waals surface area contributed by atoms with Crippen molar-refractivity contribution in [1.29, 1.82) is 0 Å². The van der Waals surface area contributed by atoms with Gasteiger partial charge >= 0.3 is 0 Å². The van der Waals surface area contributed by atoms with Crippen molar-refractivity contribution >= 4 is 5.82 Å². The number of rotatable bonds is 4. The number of aromatic nitrogens is 2. The molecule has 116 valence electrons. The molecular formula is C16H17F2N3O. The average molecular weight is 305 g/mol. The van der Waals surface area contributed by atoms with Crippen LogP contribution in [0.25, 0.3) is 0 Å². The quantitative estimate of drug-likeness (QED) is 0.912. The maximum Gasteiger partial charge on any atom is 0.134 e. The van der Waals surface area contributed by atoms with E-state index in [2.05, 4.69) is 15.3 Å². The van der Waals surface area contributed by atoms with Crippen LogP contribution >= 0.6 is 0 Å². The standard InChI is InChI=1S/C16H17F2N3O/c1-9-2-3-13(17)12(16(9)18)7-19-15-6-14(20-8-21-15)10-4-11(22)5-10/h2-3,6,8,10-11,22H,4-5,7H2,1H3,(H,19,20,21). The molecule has 6 heteroatoms. The Hall–Kier alpha value is -2.08. The predicted octanol–water partition coefficient (Wildman–Crippen LogP) is 2.91. The molecule has 22 heavy (non-hydrogen) atoms. The van der Waals surface area contributed by atoms with Crippen molar-refractivity contribution in [2.45, 2.75) is 38.3 Å². The van der Waals surface area contributed by atoms with Crippen LogP contribution in [0.1, 0.15) is 35.6 Å². The van der Waals surface area contributed by atoms with Gasteiger partial charge in [0, 0.05) is 29.8 Å². The summed E-state index contributed by atoms with van der Waals surface area (Å²) in [5.41, 5.74) is 1.25. The van der Waals surface area contributed by atoms with E-state index in [4.69, 9.17) is 0 Å². The van der Waals surface area contributed by atoms with E-state index in [0.717, 1.165) is 5.69 Å². The molecule has 0 bridgehead atoms. The summed E-state index contributed by atoms with van der Waals surface area (Å²) < 4.78 is 27.6. The number of aryl methyl sites for hydroxylation is 1. The van der Waals surface area contributed by atoms with Gasteiger partial charge in [0.25, 0.3) is 0 Å². The summed E-state index contributed by atoms with van der Waals surface area (Å²) in [5.74, 6) is -0.367. The molecule has 0 amide bonds. The lowest BCUT2D eigenvalue weighted by atomic mass is 9.80. The lowest BCUT2D eigenvalue weighted by molar-refractivity contribution is 0.0732. The highest BCUT2D eigenvalue weighted by molar-refractivity contribution is 5.38. The summed E-state index contributed by atoms with van der Waals surface area (Å²) in [5, 5.41) is 12.3. The monoisotopic (exact) mass is 305 g/mol. The van der Waals surface area contributed by atoms with Crippen LogP contribution in [0.4, 0.5) is 14.6 Å². The first-order valence-corrected chi connectivity index (χ1v) is 7.22. The minimum atomic E-state index is -0.577. The Morgan fingerprint density at radius 2 is 2.05 bits per heavy atom. The Kier molecular flexibility index (Phi) is 4.02. The van der Waals surface area contributed by atoms with Crippen LogP contribution in [0.2, 0.25) is 0 Å². The van der Waals surface area contributed by atoms with Gasteiger partial charge in [0.1, 0.15) is 23.8 Å². The number of anilines is 1. The van der Waals surface area contributed by atoms with Gasteiger partial charge in [-0.15, -0.1) is 0 Å². The minimum absolute atomic E-state index is 0.000714. The van der Waals surface area contributed by atoms with E-state index in [1.165, 1.54) is 18.5 Å². The second kappa shape index (κ2) is 5.96. The third-order valence-corrected chi connectivity index (χ3v) is 4.05. The number of benzene rings is 1. The fraction of sp³-hybridized carbons (Fsp3) is 0.375. The van der Waals surface area contributed by atoms with Gasteiger partial charge in [0.05, 0.1) is 6.10 Å². The summed E-state index contributed by atoms with van der Waals surface area (Å²) >= 11 is 0. The number of halogens is 2. The van der Waals surface area contributed by atoms with Gasteiger partial charge in [0.15, 0.2) is 0 Å². The molecule has 2 N–H and O–H groups in total. The molecule has 0 spiro atoms. The fourth-order valence-corrected chi connectivity index (χ4v) is 2.58. The normalized spacial score (nSPS) is 20.5. The predicted molar refractivity (Wildman–Crippen MR) is 78.4 cm³/mol. The Morgan fingerprint density at radius 1 is 1.27 bits per heavy atom. The van der Waals surface area contributed by atoms with Crippen LogP contribution in [-0.4, -0.2) is 21.2 Å². The molecule has 1 aromatic carbocycles. The molecule has 1 aromatic heterocycles. The van der Waals surface area contributed by atoms with Crippen molar-refractivity contribution in [3.05, 3.63) is 53.0 Å². The molecule has 1 saturated carbocycles. The number of nitrogens with zero attached hydrogens (tertiary/aromatic N) is 2. The highest BCUT2D eigenvalue weighted by Crippen LogP contribution is 2.36. The van der Waals surface area contributed by atoms with E-state index in [1.807, 2.05) is 0 Å². The molecule has 1 aliphatic rings. The lowest BCUT2D eigenvalue weighted by Crippen LogP contribution is -2.27. The molecule has 0 aliphatic heterocycles. The number of hydrogen-bond acceptors (Lipinski definition) is 4. The van der Waals surface area contributed by atoms with Gasteiger partial charge in [-0.25, -0.2) is 18.7 Å². The Balaban J connectivity index is 1.72. The van der Waals surface area contributed by atoms with Crippen molar-refractivity contribution in [3.8, 4) is 0 Å². The molecule has 1 aliphatic carbocycles. The summed E-state index contributed by atoms with van der Waals surface area (Å²) in [6, 6.07) is 4.44. The van der Waals surface area contributed by atoms with Crippen LogP contribution in [-0.2, 0) is 6.54 Å². The van der Waals surface area contributed by atoms with Gasteiger partial charge in [0.2, 0.25) is 0 Å². The van der Waals surface area contributed by atoms with Crippen LogP contribution in [0.15, 0.2) is 24.5 Å². The maximum absolute atomic E-state index is 13.9. The van der Waals surface area contributed by atoms with Crippen molar-refractivity contribution in [1.82, 2.24) is 9.97 Å². The number of hydrogen-bond donors (Lipinski definition) is 2. The average Bonchev–Trinajstić information content (AvgIpc) is 2.48. The van der Waals surface area contributed by atoms with E-state index in [-0.39, 0.29) is 24.1 Å². The van der Waals surface area contributed by atoms with E-state index in [0.29, 0.717) is 24.2 Å². The molecule has 0 radical (unpaired) electrons. The SMILES string of the molecule is Cc1ccc(F)c(CNc2cc(C3CC(O)C3)ncn2)c1F. The third kappa shape index (κ3) is 2.92. The topological polar surface area (TPSA) is 58.0 Å². The largest absolute Gasteiger partial charge is 0.393 e. The summed E-state index contributed by atoms with van der Waals surface area (Å²) in [6.45, 7) is 1.62. The van der Waals surface area contributed by atoms with Crippen molar-refractivity contribution in [2.75, 3.05) is 5.32 Å². The molecule has 1 heterocycles. The second-order valence-electron chi connectivity index (χ2n) is 5.66. The molecule has 0 atom stereocenters. The minimum Gasteiger partial charge on any atom is -0.393 e. The smallest absolute Gasteiger partial charge is 0.134 e. The third-order valence-electron chi connectivity index (χ3n) is 4.05. The van der Waals surface area contributed by atoms with Crippen molar-refractivity contribution in [2.24, 2.45) is 0 Å². The van der Waals surface area contributed by atoms with Gasteiger partial charge < -0.3 is 10.4 Å². The van der Waals surface area contributed by atoms with Gasteiger partial charge in [-0.1, -0.05) is 6.07 Å². The first-order valence-electron chi connectivity index (χ1n) is 7.22. The first-order chi connectivity index (χ1) is 10.5. The van der Waals surface area contributed by atoms with Crippen LogP contribution in [0.5, 0.6) is 0 Å². The van der Waals surface area contributed by atoms with E-state index in [1.54, 1.807) is 13.0 Å². The summed E-state index contributed by atoms with van der Waals surface area (Å²) in [7, 11) is 0. The van der Waals surface area contributed by atoms with E-state index in [9.17, 15) is 13.9 Å². The zero-order valence-electron chi connectivity index (χ0n) is 12.2. The molecule has 0 saturated heterocycles. The molecule has 4 nitrogen and oxygen atoms in total. The van der Waals surface area contributed by atoms with Crippen molar-refractivity contribution in [3.63, 3.8) is 0 Å². The molecule has 2 aromatic rings. The molecule has 1 fully saturated rings. The number of nitrogens with one attached hydrogen (secondary N) is 1. The zero-order chi connectivity index (χ0) is 15.7. The van der Waals surface area contributed by atoms with E-state index >= 15 is 0 Å². The zero-order valence-corrected chi connectivity index (χ0v) is 12.2. The van der Waals surface area contributed by atoms with Crippen LogP contribution in [0.3, 0.4) is 0 Å². The Morgan fingerprint density at radius 3 is 2.77 bits per heavy atom. The Labute approximate surface area is 127 Å². The van der Waals surface area contributed by atoms with E-state index < -0.39 is 11.6 Å². The van der Waals surface area contributed by atoms with Crippen LogP contribution < -0.4 is 5.32 Å². The van der Waals surface area contributed by atoms with Gasteiger partial charge in [-0.05, 0) is 31.4 Å². The first kappa shape index (κ1) is 14.8. The maximum atomic E-state index is 13.9. The van der Waals surface area contributed by atoms with Crippen LogP contribution in [0, 0.1) is 18.6 Å². The highest BCUT2D eigenvalue weighted by atomic mass is 19.1. The number of aliphatic hydroxyl groups excluding tert-OH is 1. The number of aliphatic hydroxyl groups is 1. The second-order valence-corrected chi connectivity index (χ2v) is 5.66. The molecular weight excluding hydrogens is 288 g/mol. The fourth-order valence-electron chi connectivity index (χ4n) is 2.58. The summed E-state index contributed by atoms with van der Waals surface area (Å²) in [6.07, 6.45) is 2.55. The van der Waals surface area contributed by atoms with Gasteiger partial charge in [-0.3, -0.25) is 0 Å². The molecule has 3 rings (SSSR count). The summed E-state index contributed by atoms with van der Waals surface area (Å²) in [4.78, 5) is 8.26.